The number of sulfonamides is 1. The van der Waals surface area contributed by atoms with Gasteiger partial charge < -0.3 is 15.0 Å². The van der Waals surface area contributed by atoms with Crippen molar-refractivity contribution in [3.8, 4) is 11.5 Å². The number of rotatable bonds is 11. The summed E-state index contributed by atoms with van der Waals surface area (Å²) in [5.74, 6) is 0.281. The predicted octanol–water partition coefficient (Wildman–Crippen LogP) is 4.45. The van der Waals surface area contributed by atoms with Crippen LogP contribution in [-0.4, -0.2) is 50.5 Å². The minimum atomic E-state index is -3.83. The number of anilines is 1. The van der Waals surface area contributed by atoms with Crippen molar-refractivity contribution in [3.63, 3.8) is 0 Å². The van der Waals surface area contributed by atoms with Crippen molar-refractivity contribution >= 4 is 39.1 Å². The quantitative estimate of drug-likeness (QED) is 0.385. The number of hydrogen-bond donors (Lipinski definition) is 1. The van der Waals surface area contributed by atoms with E-state index in [0.717, 1.165) is 10.6 Å². The molecule has 0 radical (unpaired) electrons. The van der Waals surface area contributed by atoms with Crippen LogP contribution in [0.5, 0.6) is 11.5 Å². The van der Waals surface area contributed by atoms with Crippen molar-refractivity contribution in [2.45, 2.75) is 26.4 Å². The topological polar surface area (TPSA) is 96.0 Å². The number of carbonyl (C=O) groups is 2. The number of benzene rings is 3. The molecule has 0 heterocycles. The second kappa shape index (κ2) is 12.6. The lowest BCUT2D eigenvalue weighted by Gasteiger charge is -2.31. The van der Waals surface area contributed by atoms with Gasteiger partial charge >= 0.3 is 0 Å². The van der Waals surface area contributed by atoms with Crippen LogP contribution in [-0.2, 0) is 26.2 Å². The number of nitrogens with zero attached hydrogens (tertiary/aromatic N) is 2. The van der Waals surface area contributed by atoms with Crippen LogP contribution < -0.4 is 14.4 Å². The Kier molecular flexibility index (Phi) is 9.54. The zero-order valence-electron chi connectivity index (χ0n) is 20.9. The van der Waals surface area contributed by atoms with Gasteiger partial charge in [-0.2, -0.15) is 0 Å². The fraction of sp³-hybridized carbons (Fsp3) is 0.259. The summed E-state index contributed by atoms with van der Waals surface area (Å²) >= 11 is 6.11. The standard InChI is InChI=1S/C27H30ClN3O5S/c1-4-29-27(33)20(2)30(18-21-9-8-10-22(28)17-21)26(32)19-31(37(3,34)35)23-13-15-25(16-14-23)36-24-11-6-5-7-12-24/h5-17,20H,4,18-19H2,1-3H3,(H,29,33)/t20-/m0/s1. The number of para-hydroxylation sites is 1. The monoisotopic (exact) mass is 543 g/mol. The first-order valence-electron chi connectivity index (χ1n) is 11.7. The van der Waals surface area contributed by atoms with Crippen molar-refractivity contribution in [1.29, 1.82) is 0 Å². The molecular formula is C27H30ClN3O5S. The fourth-order valence-corrected chi connectivity index (χ4v) is 4.72. The molecule has 0 unspecified atom stereocenters. The van der Waals surface area contributed by atoms with Gasteiger partial charge in [-0.15, -0.1) is 0 Å². The van der Waals surface area contributed by atoms with Gasteiger partial charge in [0.1, 0.15) is 24.1 Å². The van der Waals surface area contributed by atoms with E-state index in [1.54, 1.807) is 74.5 Å². The van der Waals surface area contributed by atoms with Gasteiger partial charge in [0.25, 0.3) is 0 Å². The highest BCUT2D eigenvalue weighted by molar-refractivity contribution is 7.92. The Bertz CT molecular complexity index is 1320. The van der Waals surface area contributed by atoms with Crippen LogP contribution in [0.25, 0.3) is 0 Å². The molecule has 0 aliphatic carbocycles. The second-order valence-corrected chi connectivity index (χ2v) is 10.7. The molecule has 10 heteroatoms. The summed E-state index contributed by atoms with van der Waals surface area (Å²) in [6.45, 7) is 3.38. The van der Waals surface area contributed by atoms with Crippen LogP contribution in [0.2, 0.25) is 5.02 Å². The third kappa shape index (κ3) is 7.96. The van der Waals surface area contributed by atoms with Gasteiger partial charge in [0, 0.05) is 18.1 Å². The largest absolute Gasteiger partial charge is 0.457 e. The summed E-state index contributed by atoms with van der Waals surface area (Å²) < 4.78 is 32.2. The minimum Gasteiger partial charge on any atom is -0.457 e. The zero-order valence-corrected chi connectivity index (χ0v) is 22.5. The number of likely N-dealkylation sites (N-methyl/N-ethyl adjacent to an activating group) is 1. The SMILES string of the molecule is CCNC(=O)[C@H](C)N(Cc1cccc(Cl)c1)C(=O)CN(c1ccc(Oc2ccccc2)cc1)S(C)(=O)=O. The number of hydrogen-bond acceptors (Lipinski definition) is 5. The highest BCUT2D eigenvalue weighted by atomic mass is 35.5. The number of amides is 2. The molecule has 2 amide bonds. The highest BCUT2D eigenvalue weighted by Crippen LogP contribution is 2.26. The maximum atomic E-state index is 13.5. The highest BCUT2D eigenvalue weighted by Gasteiger charge is 2.30. The Morgan fingerprint density at radius 3 is 2.22 bits per heavy atom. The van der Waals surface area contributed by atoms with Crippen LogP contribution in [0.4, 0.5) is 5.69 Å². The molecule has 0 aromatic heterocycles. The van der Waals surface area contributed by atoms with Crippen LogP contribution in [0.3, 0.4) is 0 Å². The first-order chi connectivity index (χ1) is 17.6. The first-order valence-corrected chi connectivity index (χ1v) is 13.9. The van der Waals surface area contributed by atoms with Gasteiger partial charge in [0.15, 0.2) is 0 Å². The van der Waals surface area contributed by atoms with Gasteiger partial charge in [-0.25, -0.2) is 8.42 Å². The smallest absolute Gasteiger partial charge is 0.244 e. The number of carbonyl (C=O) groups excluding carboxylic acids is 2. The van der Waals surface area contributed by atoms with E-state index in [1.165, 1.54) is 4.90 Å². The van der Waals surface area contributed by atoms with Crippen molar-refractivity contribution in [2.75, 3.05) is 23.7 Å². The molecule has 1 atom stereocenters. The van der Waals surface area contributed by atoms with Crippen molar-refractivity contribution in [3.05, 3.63) is 89.4 Å². The fourth-order valence-electron chi connectivity index (χ4n) is 3.66. The Labute approximate surface area is 222 Å². The summed E-state index contributed by atoms with van der Waals surface area (Å²) in [6.07, 6.45) is 1.03. The van der Waals surface area contributed by atoms with E-state index < -0.39 is 28.5 Å². The predicted molar refractivity (Wildman–Crippen MR) is 145 cm³/mol. The van der Waals surface area contributed by atoms with Crippen LogP contribution in [0, 0.1) is 0 Å². The third-order valence-electron chi connectivity index (χ3n) is 5.54. The third-order valence-corrected chi connectivity index (χ3v) is 6.92. The van der Waals surface area contributed by atoms with Crippen LogP contribution >= 0.6 is 11.6 Å². The maximum Gasteiger partial charge on any atom is 0.244 e. The van der Waals surface area contributed by atoms with Crippen molar-refractivity contribution in [1.82, 2.24) is 10.2 Å². The van der Waals surface area contributed by atoms with Gasteiger partial charge in [-0.05, 0) is 67.9 Å². The average Bonchev–Trinajstić information content (AvgIpc) is 2.86. The molecule has 3 rings (SSSR count). The lowest BCUT2D eigenvalue weighted by atomic mass is 10.1. The van der Waals surface area contributed by atoms with E-state index in [4.69, 9.17) is 16.3 Å². The molecule has 3 aromatic carbocycles. The molecule has 0 fully saturated rings. The lowest BCUT2D eigenvalue weighted by Crippen LogP contribution is -2.51. The molecule has 0 saturated carbocycles. The summed E-state index contributed by atoms with van der Waals surface area (Å²) in [5, 5.41) is 3.21. The summed E-state index contributed by atoms with van der Waals surface area (Å²) in [6, 6.07) is 21.7. The van der Waals surface area contributed by atoms with Gasteiger partial charge in [0.2, 0.25) is 21.8 Å². The van der Waals surface area contributed by atoms with Crippen LogP contribution in [0.1, 0.15) is 19.4 Å². The van der Waals surface area contributed by atoms with Crippen molar-refractivity contribution in [2.24, 2.45) is 0 Å². The molecule has 37 heavy (non-hydrogen) atoms. The first kappa shape index (κ1) is 28.0. The summed E-state index contributed by atoms with van der Waals surface area (Å²) in [5.41, 5.74) is 1.01. The van der Waals surface area contributed by atoms with Gasteiger partial charge in [0.05, 0.1) is 11.9 Å². The van der Waals surface area contributed by atoms with Crippen LogP contribution in [0.15, 0.2) is 78.9 Å². The average molecular weight is 544 g/mol. The molecule has 0 bridgehead atoms. The number of nitrogens with one attached hydrogen (secondary N) is 1. The Hall–Kier alpha value is -3.56. The molecule has 8 nitrogen and oxygen atoms in total. The molecule has 196 valence electrons. The molecule has 0 spiro atoms. The molecule has 0 saturated heterocycles. The Morgan fingerprint density at radius 2 is 1.62 bits per heavy atom. The van der Waals surface area contributed by atoms with Gasteiger partial charge in [-0.1, -0.05) is 41.9 Å². The van der Waals surface area contributed by atoms with E-state index in [9.17, 15) is 18.0 Å². The maximum absolute atomic E-state index is 13.5. The minimum absolute atomic E-state index is 0.0825. The van der Waals surface area contributed by atoms with E-state index in [2.05, 4.69) is 5.32 Å². The zero-order chi connectivity index (χ0) is 27.0. The normalized spacial score (nSPS) is 11.9. The molecule has 3 aromatic rings. The van der Waals surface area contributed by atoms with E-state index in [0.29, 0.717) is 34.3 Å². The van der Waals surface area contributed by atoms with Crippen molar-refractivity contribution < 1.29 is 22.7 Å². The second-order valence-electron chi connectivity index (χ2n) is 8.40. The Morgan fingerprint density at radius 1 is 0.973 bits per heavy atom. The van der Waals surface area contributed by atoms with E-state index >= 15 is 0 Å². The summed E-state index contributed by atoms with van der Waals surface area (Å²) in [4.78, 5) is 27.5. The molecule has 1 N–H and O–H groups in total. The summed E-state index contributed by atoms with van der Waals surface area (Å²) in [7, 11) is -3.83. The number of ether oxygens (including phenoxy) is 1. The molecule has 0 aliphatic heterocycles. The lowest BCUT2D eigenvalue weighted by molar-refractivity contribution is -0.139. The number of halogens is 1. The van der Waals surface area contributed by atoms with E-state index in [-0.39, 0.29) is 12.5 Å². The van der Waals surface area contributed by atoms with Gasteiger partial charge in [-0.3, -0.25) is 13.9 Å². The van der Waals surface area contributed by atoms with E-state index in [1.807, 2.05) is 18.2 Å². The molecular weight excluding hydrogens is 514 g/mol. The Balaban J connectivity index is 1.85. The molecule has 0 aliphatic rings.